The van der Waals surface area contributed by atoms with E-state index in [0.29, 0.717) is 0 Å². The molecule has 86 valence electrons. The summed E-state index contributed by atoms with van der Waals surface area (Å²) < 4.78 is 2.00. The van der Waals surface area contributed by atoms with Crippen LogP contribution in [-0.4, -0.2) is 22.9 Å². The van der Waals surface area contributed by atoms with Crippen molar-refractivity contribution in [3.63, 3.8) is 0 Å². The smallest absolute Gasteiger partial charge is 0.0596 e. The van der Waals surface area contributed by atoms with Crippen molar-refractivity contribution in [3.8, 4) is 0 Å². The average Bonchev–Trinajstić information content (AvgIpc) is 2.51. The first-order valence-electron chi connectivity index (χ1n) is 5.83. The van der Waals surface area contributed by atoms with Crippen LogP contribution in [0.1, 0.15) is 31.7 Å². The van der Waals surface area contributed by atoms with Crippen molar-refractivity contribution in [1.82, 2.24) is 15.1 Å². The molecular formula is C12H23N3. The van der Waals surface area contributed by atoms with Crippen LogP contribution in [0.2, 0.25) is 0 Å². The van der Waals surface area contributed by atoms with Gasteiger partial charge in [0, 0.05) is 12.7 Å². The van der Waals surface area contributed by atoms with Gasteiger partial charge in [0.15, 0.2) is 0 Å². The molecule has 0 saturated carbocycles. The highest BCUT2D eigenvalue weighted by molar-refractivity contribution is 5.08. The van der Waals surface area contributed by atoms with Gasteiger partial charge in [-0.1, -0.05) is 13.8 Å². The first kappa shape index (κ1) is 12.2. The Morgan fingerprint density at radius 1 is 1.53 bits per heavy atom. The summed E-state index contributed by atoms with van der Waals surface area (Å²) in [6.45, 7) is 8.68. The van der Waals surface area contributed by atoms with Crippen LogP contribution in [0.3, 0.4) is 0 Å². The monoisotopic (exact) mass is 209 g/mol. The van der Waals surface area contributed by atoms with Crippen LogP contribution in [0.5, 0.6) is 0 Å². The summed E-state index contributed by atoms with van der Waals surface area (Å²) in [5.41, 5.74) is 2.46. The molecular weight excluding hydrogens is 186 g/mol. The summed E-state index contributed by atoms with van der Waals surface area (Å²) in [6, 6.07) is 2.18. The Bertz CT molecular complexity index is 291. The number of aryl methyl sites for hydroxylation is 3. The number of hydrogen-bond acceptors (Lipinski definition) is 2. The van der Waals surface area contributed by atoms with Gasteiger partial charge in [0.1, 0.15) is 0 Å². The Kier molecular flexibility index (Phi) is 4.82. The van der Waals surface area contributed by atoms with Gasteiger partial charge in [-0.15, -0.1) is 0 Å². The number of aromatic nitrogens is 2. The SMILES string of the molecule is CCNCC(C)CCc1cc(C)nn1C. The van der Waals surface area contributed by atoms with Gasteiger partial charge < -0.3 is 5.32 Å². The van der Waals surface area contributed by atoms with E-state index in [1.807, 2.05) is 18.7 Å². The van der Waals surface area contributed by atoms with Gasteiger partial charge in [-0.3, -0.25) is 4.68 Å². The molecule has 1 aromatic heterocycles. The summed E-state index contributed by atoms with van der Waals surface area (Å²) in [7, 11) is 2.03. The van der Waals surface area contributed by atoms with Crippen molar-refractivity contribution >= 4 is 0 Å². The highest BCUT2D eigenvalue weighted by atomic mass is 15.3. The minimum Gasteiger partial charge on any atom is -0.317 e. The van der Waals surface area contributed by atoms with Crippen molar-refractivity contribution in [2.45, 2.75) is 33.6 Å². The minimum absolute atomic E-state index is 0.736. The molecule has 0 amide bonds. The van der Waals surface area contributed by atoms with Gasteiger partial charge in [-0.05, 0) is 44.8 Å². The molecule has 3 nitrogen and oxygen atoms in total. The second-order valence-electron chi connectivity index (χ2n) is 4.35. The first-order valence-corrected chi connectivity index (χ1v) is 5.83. The molecule has 1 rings (SSSR count). The fourth-order valence-corrected chi connectivity index (χ4v) is 1.79. The fourth-order valence-electron chi connectivity index (χ4n) is 1.79. The summed E-state index contributed by atoms with van der Waals surface area (Å²) in [6.07, 6.45) is 2.36. The molecule has 0 aliphatic heterocycles. The van der Waals surface area contributed by atoms with E-state index in [0.717, 1.165) is 31.1 Å². The molecule has 15 heavy (non-hydrogen) atoms. The third-order valence-electron chi connectivity index (χ3n) is 2.73. The predicted octanol–water partition coefficient (Wildman–Crippen LogP) is 1.91. The number of hydrogen-bond donors (Lipinski definition) is 1. The standard InChI is InChI=1S/C12H23N3/c1-5-13-9-10(2)6-7-12-8-11(3)14-15(12)4/h8,10,13H,5-7,9H2,1-4H3. The molecule has 0 aromatic carbocycles. The molecule has 1 unspecified atom stereocenters. The van der Waals surface area contributed by atoms with E-state index in [9.17, 15) is 0 Å². The maximum absolute atomic E-state index is 4.35. The van der Waals surface area contributed by atoms with E-state index in [-0.39, 0.29) is 0 Å². The maximum Gasteiger partial charge on any atom is 0.0596 e. The van der Waals surface area contributed by atoms with Crippen molar-refractivity contribution < 1.29 is 0 Å². The Morgan fingerprint density at radius 3 is 2.80 bits per heavy atom. The second-order valence-corrected chi connectivity index (χ2v) is 4.35. The van der Waals surface area contributed by atoms with Crippen molar-refractivity contribution in [2.75, 3.05) is 13.1 Å². The summed E-state index contributed by atoms with van der Waals surface area (Å²) in [5, 5.41) is 7.73. The zero-order valence-corrected chi connectivity index (χ0v) is 10.4. The molecule has 1 atom stereocenters. The normalized spacial score (nSPS) is 13.1. The number of nitrogens with one attached hydrogen (secondary N) is 1. The molecule has 0 aliphatic rings. The van der Waals surface area contributed by atoms with Crippen molar-refractivity contribution in [3.05, 3.63) is 17.5 Å². The van der Waals surface area contributed by atoms with E-state index in [2.05, 4.69) is 30.3 Å². The van der Waals surface area contributed by atoms with Gasteiger partial charge in [-0.2, -0.15) is 5.10 Å². The van der Waals surface area contributed by atoms with Crippen LogP contribution < -0.4 is 5.32 Å². The van der Waals surface area contributed by atoms with Gasteiger partial charge in [0.2, 0.25) is 0 Å². The zero-order valence-electron chi connectivity index (χ0n) is 10.4. The third kappa shape index (κ3) is 4.04. The zero-order chi connectivity index (χ0) is 11.3. The Labute approximate surface area is 92.9 Å². The third-order valence-corrected chi connectivity index (χ3v) is 2.73. The summed E-state index contributed by atoms with van der Waals surface area (Å²) >= 11 is 0. The van der Waals surface area contributed by atoms with E-state index in [1.54, 1.807) is 0 Å². The van der Waals surface area contributed by atoms with Gasteiger partial charge in [0.25, 0.3) is 0 Å². The first-order chi connectivity index (χ1) is 7.13. The molecule has 0 spiro atoms. The van der Waals surface area contributed by atoms with Crippen LogP contribution >= 0.6 is 0 Å². The molecule has 3 heteroatoms. The van der Waals surface area contributed by atoms with Crippen LogP contribution in [0, 0.1) is 12.8 Å². The van der Waals surface area contributed by atoms with E-state index < -0.39 is 0 Å². The Morgan fingerprint density at radius 2 is 2.27 bits per heavy atom. The van der Waals surface area contributed by atoms with Crippen LogP contribution in [-0.2, 0) is 13.5 Å². The predicted molar refractivity (Wildman–Crippen MR) is 64.0 cm³/mol. The lowest BCUT2D eigenvalue weighted by atomic mass is 10.0. The van der Waals surface area contributed by atoms with Gasteiger partial charge in [-0.25, -0.2) is 0 Å². The topological polar surface area (TPSA) is 29.9 Å². The van der Waals surface area contributed by atoms with Crippen molar-refractivity contribution in [1.29, 1.82) is 0 Å². The quantitative estimate of drug-likeness (QED) is 0.775. The van der Waals surface area contributed by atoms with E-state index >= 15 is 0 Å². The lowest BCUT2D eigenvalue weighted by Gasteiger charge is -2.11. The largest absolute Gasteiger partial charge is 0.317 e. The fraction of sp³-hybridized carbons (Fsp3) is 0.750. The average molecular weight is 209 g/mol. The summed E-state index contributed by atoms with van der Waals surface area (Å²) in [5.74, 6) is 0.736. The maximum atomic E-state index is 4.35. The van der Waals surface area contributed by atoms with Gasteiger partial charge >= 0.3 is 0 Å². The second kappa shape index (κ2) is 5.91. The van der Waals surface area contributed by atoms with Crippen LogP contribution in [0.25, 0.3) is 0 Å². The Balaban J connectivity index is 2.33. The molecule has 0 aliphatic carbocycles. The Hall–Kier alpha value is -0.830. The highest BCUT2D eigenvalue weighted by Crippen LogP contribution is 2.09. The molecule has 1 heterocycles. The van der Waals surface area contributed by atoms with Gasteiger partial charge in [0.05, 0.1) is 5.69 Å². The molecule has 0 radical (unpaired) electrons. The highest BCUT2D eigenvalue weighted by Gasteiger charge is 2.05. The molecule has 0 bridgehead atoms. The summed E-state index contributed by atoms with van der Waals surface area (Å²) in [4.78, 5) is 0. The van der Waals surface area contributed by atoms with Crippen LogP contribution in [0.4, 0.5) is 0 Å². The van der Waals surface area contributed by atoms with E-state index in [4.69, 9.17) is 0 Å². The molecule has 1 aromatic rings. The molecule has 1 N–H and O–H groups in total. The molecule has 0 saturated heterocycles. The lowest BCUT2D eigenvalue weighted by Crippen LogP contribution is -2.21. The number of nitrogens with zero attached hydrogens (tertiary/aromatic N) is 2. The molecule has 0 fully saturated rings. The van der Waals surface area contributed by atoms with Crippen LogP contribution in [0.15, 0.2) is 6.07 Å². The lowest BCUT2D eigenvalue weighted by molar-refractivity contribution is 0.481. The minimum atomic E-state index is 0.736. The number of rotatable bonds is 6. The van der Waals surface area contributed by atoms with Crippen molar-refractivity contribution in [2.24, 2.45) is 13.0 Å². The van der Waals surface area contributed by atoms with E-state index in [1.165, 1.54) is 12.1 Å².